The molecule has 184 valence electrons. The van der Waals surface area contributed by atoms with E-state index in [-0.39, 0.29) is 28.1 Å². The minimum Gasteiger partial charge on any atom is -0.464 e. The summed E-state index contributed by atoms with van der Waals surface area (Å²) in [6.07, 6.45) is 1.69. The molecular weight excluding hydrogens is 470 g/mol. The summed E-state index contributed by atoms with van der Waals surface area (Å²) in [6.45, 7) is 4.63. The predicted molar refractivity (Wildman–Crippen MR) is 131 cm³/mol. The number of aromatic nitrogens is 1. The Balaban J connectivity index is 1.78. The lowest BCUT2D eigenvalue weighted by Gasteiger charge is -2.30. The zero-order valence-electron chi connectivity index (χ0n) is 19.4. The molecule has 1 aliphatic rings. The van der Waals surface area contributed by atoms with Crippen LogP contribution >= 0.6 is 11.5 Å². The average Bonchev–Trinajstić information content (AvgIpc) is 3.57. The first-order chi connectivity index (χ1) is 16.8. The van der Waals surface area contributed by atoms with Gasteiger partial charge in [-0.05, 0) is 62.5 Å². The second-order valence-electron chi connectivity index (χ2n) is 8.38. The summed E-state index contributed by atoms with van der Waals surface area (Å²) in [7, 11) is 0. The zero-order chi connectivity index (χ0) is 25.1. The molecule has 0 aliphatic carbocycles. The van der Waals surface area contributed by atoms with Gasteiger partial charge in [-0.15, -0.1) is 0 Å². The van der Waals surface area contributed by atoms with Crippen molar-refractivity contribution in [2.45, 2.75) is 38.8 Å². The van der Waals surface area contributed by atoms with E-state index >= 15 is 0 Å². The molecule has 1 aromatic carbocycles. The van der Waals surface area contributed by atoms with Crippen molar-refractivity contribution in [2.75, 3.05) is 23.8 Å². The van der Waals surface area contributed by atoms with Gasteiger partial charge in [-0.2, -0.15) is 4.37 Å². The fourth-order valence-corrected chi connectivity index (χ4v) is 4.66. The number of benzene rings is 1. The van der Waals surface area contributed by atoms with Gasteiger partial charge in [0.15, 0.2) is 11.7 Å². The lowest BCUT2D eigenvalue weighted by Crippen LogP contribution is -2.45. The van der Waals surface area contributed by atoms with Crippen LogP contribution in [-0.2, 0) is 9.53 Å². The van der Waals surface area contributed by atoms with Gasteiger partial charge < -0.3 is 25.9 Å². The highest BCUT2D eigenvalue weighted by atomic mass is 32.1. The SMILES string of the molecule is Cc1ccc(N(C(=O)c2snc(C(N)=O)c2N)C(C(=O)NCC2CCCO2)c2ccc(C)o2)cc1. The molecule has 1 aliphatic heterocycles. The Morgan fingerprint density at radius 2 is 1.94 bits per heavy atom. The number of ether oxygens (including phenoxy) is 1. The first kappa shape index (κ1) is 24.4. The Labute approximate surface area is 206 Å². The van der Waals surface area contributed by atoms with E-state index in [0.717, 1.165) is 29.9 Å². The third-order valence-electron chi connectivity index (χ3n) is 5.75. The molecule has 3 amide bonds. The highest BCUT2D eigenvalue weighted by molar-refractivity contribution is 7.09. The number of rotatable bonds is 8. The predicted octanol–water partition coefficient (Wildman–Crippen LogP) is 2.72. The number of carbonyl (C=O) groups excluding carboxylic acids is 3. The van der Waals surface area contributed by atoms with E-state index in [9.17, 15) is 14.4 Å². The van der Waals surface area contributed by atoms with Crippen molar-refractivity contribution in [1.82, 2.24) is 9.69 Å². The van der Waals surface area contributed by atoms with Crippen LogP contribution in [0.15, 0.2) is 40.8 Å². The molecule has 3 aromatic rings. The van der Waals surface area contributed by atoms with Gasteiger partial charge in [-0.1, -0.05) is 17.7 Å². The standard InChI is InChI=1S/C24H27N5O5S/c1-13-5-8-15(9-6-13)29(24(32)21-18(25)19(22(26)30)28-35-21)20(17-10-7-14(2)34-17)23(31)27-12-16-4-3-11-33-16/h5-10,16,20H,3-4,11-12,25H2,1-2H3,(H2,26,30)(H,27,31). The molecule has 10 nitrogen and oxygen atoms in total. The van der Waals surface area contributed by atoms with Gasteiger partial charge in [0, 0.05) is 18.8 Å². The van der Waals surface area contributed by atoms with Crippen molar-refractivity contribution >= 4 is 40.6 Å². The third kappa shape index (κ3) is 5.20. The zero-order valence-corrected chi connectivity index (χ0v) is 20.3. The van der Waals surface area contributed by atoms with Crippen molar-refractivity contribution in [3.63, 3.8) is 0 Å². The number of furan rings is 1. The van der Waals surface area contributed by atoms with E-state index in [2.05, 4.69) is 9.69 Å². The summed E-state index contributed by atoms with van der Waals surface area (Å²) in [5, 5.41) is 2.90. The van der Waals surface area contributed by atoms with E-state index in [1.165, 1.54) is 4.90 Å². The number of hydrogen-bond donors (Lipinski definition) is 3. The molecule has 1 fully saturated rings. The highest BCUT2D eigenvalue weighted by Gasteiger charge is 2.38. The summed E-state index contributed by atoms with van der Waals surface area (Å²) >= 11 is 0.753. The van der Waals surface area contributed by atoms with Gasteiger partial charge in [-0.3, -0.25) is 19.3 Å². The second-order valence-corrected chi connectivity index (χ2v) is 9.15. The first-order valence-corrected chi connectivity index (χ1v) is 11.9. The Morgan fingerprint density at radius 1 is 1.20 bits per heavy atom. The van der Waals surface area contributed by atoms with Crippen LogP contribution in [0.25, 0.3) is 0 Å². The molecule has 2 aromatic heterocycles. The fraction of sp³-hybridized carbons (Fsp3) is 0.333. The molecule has 0 spiro atoms. The lowest BCUT2D eigenvalue weighted by atomic mass is 10.1. The topological polar surface area (TPSA) is 154 Å². The minimum absolute atomic E-state index is 0.000390. The van der Waals surface area contributed by atoms with Gasteiger partial charge in [0.25, 0.3) is 17.7 Å². The number of nitrogens with two attached hydrogens (primary N) is 2. The Kier molecular flexibility index (Phi) is 7.17. The van der Waals surface area contributed by atoms with E-state index in [4.69, 9.17) is 20.6 Å². The smallest absolute Gasteiger partial charge is 0.273 e. The van der Waals surface area contributed by atoms with Crippen LogP contribution in [0.1, 0.15) is 56.1 Å². The summed E-state index contributed by atoms with van der Waals surface area (Å²) < 4.78 is 15.4. The van der Waals surface area contributed by atoms with Crippen LogP contribution in [0.5, 0.6) is 0 Å². The molecule has 35 heavy (non-hydrogen) atoms. The third-order valence-corrected chi connectivity index (χ3v) is 6.60. The van der Waals surface area contributed by atoms with Crippen LogP contribution in [-0.4, -0.2) is 41.4 Å². The maximum atomic E-state index is 13.9. The Morgan fingerprint density at radius 3 is 2.51 bits per heavy atom. The summed E-state index contributed by atoms with van der Waals surface area (Å²) in [5.41, 5.74) is 12.5. The monoisotopic (exact) mass is 497 g/mol. The molecule has 1 saturated heterocycles. The molecule has 5 N–H and O–H groups in total. The Hall–Kier alpha value is -3.70. The number of primary amides is 1. The van der Waals surface area contributed by atoms with Crippen LogP contribution < -0.4 is 21.7 Å². The van der Waals surface area contributed by atoms with E-state index < -0.39 is 23.8 Å². The molecule has 3 heterocycles. The van der Waals surface area contributed by atoms with Gasteiger partial charge in [0.05, 0.1) is 11.8 Å². The van der Waals surface area contributed by atoms with Gasteiger partial charge in [-0.25, -0.2) is 0 Å². The number of anilines is 2. The molecule has 2 unspecified atom stereocenters. The number of nitrogens with one attached hydrogen (secondary N) is 1. The molecule has 0 bridgehead atoms. The van der Waals surface area contributed by atoms with Crippen molar-refractivity contribution in [3.8, 4) is 0 Å². The van der Waals surface area contributed by atoms with E-state index in [1.54, 1.807) is 31.2 Å². The number of nitrogens with zero attached hydrogens (tertiary/aromatic N) is 2. The number of hydrogen-bond acceptors (Lipinski definition) is 8. The van der Waals surface area contributed by atoms with Crippen molar-refractivity contribution in [2.24, 2.45) is 5.73 Å². The molecular formula is C24H27N5O5S. The Bertz CT molecular complexity index is 1230. The van der Waals surface area contributed by atoms with Gasteiger partial charge in [0.1, 0.15) is 16.4 Å². The molecule has 11 heteroatoms. The number of aryl methyl sites for hydroxylation is 2. The van der Waals surface area contributed by atoms with Gasteiger partial charge in [0.2, 0.25) is 0 Å². The number of carbonyl (C=O) groups is 3. The van der Waals surface area contributed by atoms with Crippen LogP contribution in [0, 0.1) is 13.8 Å². The molecule has 2 atom stereocenters. The van der Waals surface area contributed by atoms with Crippen molar-refractivity contribution in [1.29, 1.82) is 0 Å². The summed E-state index contributed by atoms with van der Waals surface area (Å²) in [6, 6.07) is 9.35. The maximum Gasteiger partial charge on any atom is 0.273 e. The summed E-state index contributed by atoms with van der Waals surface area (Å²) in [4.78, 5) is 40.5. The number of nitrogen functional groups attached to an aromatic ring is 1. The quantitative estimate of drug-likeness (QED) is 0.432. The van der Waals surface area contributed by atoms with Crippen LogP contribution in [0.2, 0.25) is 0 Å². The van der Waals surface area contributed by atoms with Crippen molar-refractivity contribution < 1.29 is 23.5 Å². The minimum atomic E-state index is -1.15. The van der Waals surface area contributed by atoms with Crippen LogP contribution in [0.4, 0.5) is 11.4 Å². The maximum absolute atomic E-state index is 13.9. The lowest BCUT2D eigenvalue weighted by molar-refractivity contribution is -0.123. The molecule has 0 saturated carbocycles. The second kappa shape index (κ2) is 10.3. The molecule has 4 rings (SSSR count). The van der Waals surface area contributed by atoms with E-state index in [1.807, 2.05) is 19.1 Å². The average molecular weight is 498 g/mol. The largest absolute Gasteiger partial charge is 0.464 e. The fourth-order valence-electron chi connectivity index (χ4n) is 3.92. The van der Waals surface area contributed by atoms with Crippen LogP contribution in [0.3, 0.4) is 0 Å². The normalized spacial score (nSPS) is 16.1. The van der Waals surface area contributed by atoms with Crippen molar-refractivity contribution in [3.05, 3.63) is 64.1 Å². The first-order valence-electron chi connectivity index (χ1n) is 11.2. The highest BCUT2D eigenvalue weighted by Crippen LogP contribution is 2.34. The molecule has 0 radical (unpaired) electrons. The van der Waals surface area contributed by atoms with E-state index in [0.29, 0.717) is 24.6 Å². The number of amides is 3. The summed E-state index contributed by atoms with van der Waals surface area (Å²) in [5.74, 6) is -1.03. The van der Waals surface area contributed by atoms with Gasteiger partial charge >= 0.3 is 0 Å².